The zero-order valence-corrected chi connectivity index (χ0v) is 10.2. The first-order chi connectivity index (χ1) is 8.16. The van der Waals surface area contributed by atoms with E-state index < -0.39 is 5.97 Å². The lowest BCUT2D eigenvalue weighted by atomic mass is 10.0. The van der Waals surface area contributed by atoms with Crippen LogP contribution in [0.4, 0.5) is 0 Å². The van der Waals surface area contributed by atoms with Gasteiger partial charge in [0.2, 0.25) is 0 Å². The number of nitrogens with zero attached hydrogens (tertiary/aromatic N) is 1. The average Bonchev–Trinajstić information content (AvgIpc) is 2.73. The predicted octanol–water partition coefficient (Wildman–Crippen LogP) is 2.54. The Morgan fingerprint density at radius 1 is 1.47 bits per heavy atom. The molecule has 2 rings (SSSR count). The van der Waals surface area contributed by atoms with Crippen LogP contribution in [-0.2, 0) is 4.79 Å². The molecule has 3 nitrogen and oxygen atoms in total. The molecule has 1 saturated heterocycles. The highest BCUT2D eigenvalue weighted by Gasteiger charge is 2.28. The maximum absolute atomic E-state index is 11.0. The Kier molecular flexibility index (Phi) is 3.79. The van der Waals surface area contributed by atoms with E-state index in [1.54, 1.807) is 0 Å². The first-order valence-electron chi connectivity index (χ1n) is 6.17. The van der Waals surface area contributed by atoms with Crippen LogP contribution in [0.15, 0.2) is 30.3 Å². The van der Waals surface area contributed by atoms with E-state index in [-0.39, 0.29) is 12.5 Å². The molecule has 0 bridgehead atoms. The molecule has 17 heavy (non-hydrogen) atoms. The molecule has 2 atom stereocenters. The Labute approximate surface area is 102 Å². The highest BCUT2D eigenvalue weighted by atomic mass is 16.4. The van der Waals surface area contributed by atoms with Crippen molar-refractivity contribution in [3.63, 3.8) is 0 Å². The average molecular weight is 233 g/mol. The van der Waals surface area contributed by atoms with Crippen molar-refractivity contribution in [2.24, 2.45) is 5.92 Å². The van der Waals surface area contributed by atoms with Gasteiger partial charge >= 0.3 is 5.97 Å². The topological polar surface area (TPSA) is 40.5 Å². The summed E-state index contributed by atoms with van der Waals surface area (Å²) in [5, 5.41) is 9.04. The molecule has 92 valence electrons. The van der Waals surface area contributed by atoms with Gasteiger partial charge in [0.15, 0.2) is 0 Å². The summed E-state index contributed by atoms with van der Waals surface area (Å²) in [5.74, 6) is -0.0478. The fourth-order valence-corrected chi connectivity index (χ4v) is 2.55. The van der Waals surface area contributed by atoms with Crippen molar-refractivity contribution in [2.45, 2.75) is 25.8 Å². The Morgan fingerprint density at radius 2 is 2.18 bits per heavy atom. The first kappa shape index (κ1) is 12.1. The lowest BCUT2D eigenvalue weighted by Crippen LogP contribution is -2.28. The van der Waals surface area contributed by atoms with E-state index in [2.05, 4.69) is 11.8 Å². The summed E-state index contributed by atoms with van der Waals surface area (Å²) in [7, 11) is 0. The van der Waals surface area contributed by atoms with Gasteiger partial charge in [-0.2, -0.15) is 0 Å². The molecule has 0 aromatic heterocycles. The minimum Gasteiger partial charge on any atom is -0.481 e. The molecule has 1 aromatic carbocycles. The second-order valence-corrected chi connectivity index (χ2v) is 4.91. The van der Waals surface area contributed by atoms with Crippen molar-refractivity contribution < 1.29 is 9.90 Å². The summed E-state index contributed by atoms with van der Waals surface area (Å²) in [6.07, 6.45) is 1.36. The zero-order chi connectivity index (χ0) is 12.3. The molecule has 0 spiro atoms. The van der Waals surface area contributed by atoms with Crippen molar-refractivity contribution in [3.05, 3.63) is 35.9 Å². The van der Waals surface area contributed by atoms with E-state index in [1.807, 2.05) is 30.3 Å². The van der Waals surface area contributed by atoms with Crippen LogP contribution >= 0.6 is 0 Å². The van der Waals surface area contributed by atoms with Crippen LogP contribution in [0, 0.1) is 5.92 Å². The number of carboxylic acids is 1. The summed E-state index contributed by atoms with van der Waals surface area (Å²) in [5.41, 5.74) is 1.11. The number of carbonyl (C=O) groups is 1. The minimum absolute atomic E-state index is 0.0265. The van der Waals surface area contributed by atoms with Crippen LogP contribution in [0.5, 0.6) is 0 Å². The smallest absolute Gasteiger partial charge is 0.305 e. The third kappa shape index (κ3) is 3.07. The molecular weight excluding hydrogens is 214 g/mol. The predicted molar refractivity (Wildman–Crippen MR) is 66.8 cm³/mol. The summed E-state index contributed by atoms with van der Waals surface area (Å²) >= 11 is 0. The number of aliphatic carboxylic acids is 1. The van der Waals surface area contributed by atoms with Gasteiger partial charge in [-0.05, 0) is 24.4 Å². The van der Waals surface area contributed by atoms with Gasteiger partial charge in [0.25, 0.3) is 0 Å². The molecular formula is C14H19NO2. The number of likely N-dealkylation sites (tertiary alicyclic amines) is 1. The number of benzene rings is 1. The highest BCUT2D eigenvalue weighted by molar-refractivity contribution is 5.68. The van der Waals surface area contributed by atoms with Crippen molar-refractivity contribution in [1.82, 2.24) is 4.90 Å². The Morgan fingerprint density at radius 3 is 2.71 bits per heavy atom. The molecule has 0 amide bonds. The molecule has 0 saturated carbocycles. The standard InChI is InChI=1S/C14H19NO2/c1-11-7-8-15(10-11)13(9-14(16)17)12-5-3-2-4-6-12/h2-6,11,13H,7-10H2,1H3,(H,16,17). The molecule has 1 aliphatic rings. The van der Waals surface area contributed by atoms with Crippen molar-refractivity contribution in [2.75, 3.05) is 13.1 Å². The van der Waals surface area contributed by atoms with Crippen molar-refractivity contribution in [1.29, 1.82) is 0 Å². The van der Waals surface area contributed by atoms with Gasteiger partial charge in [0.1, 0.15) is 0 Å². The number of rotatable bonds is 4. The fraction of sp³-hybridized carbons (Fsp3) is 0.500. The largest absolute Gasteiger partial charge is 0.481 e. The highest BCUT2D eigenvalue weighted by Crippen LogP contribution is 2.29. The van der Waals surface area contributed by atoms with E-state index in [1.165, 1.54) is 6.42 Å². The van der Waals surface area contributed by atoms with Crippen LogP contribution in [-0.4, -0.2) is 29.1 Å². The zero-order valence-electron chi connectivity index (χ0n) is 10.2. The van der Waals surface area contributed by atoms with Gasteiger partial charge in [-0.1, -0.05) is 37.3 Å². The van der Waals surface area contributed by atoms with E-state index in [4.69, 9.17) is 5.11 Å². The van der Waals surface area contributed by atoms with Gasteiger partial charge in [-0.3, -0.25) is 9.69 Å². The Bertz CT molecular complexity index is 377. The van der Waals surface area contributed by atoms with Crippen LogP contribution in [0.25, 0.3) is 0 Å². The summed E-state index contributed by atoms with van der Waals surface area (Å²) < 4.78 is 0. The molecule has 1 fully saturated rings. The lowest BCUT2D eigenvalue weighted by Gasteiger charge is -2.26. The van der Waals surface area contributed by atoms with Gasteiger partial charge < -0.3 is 5.11 Å². The van der Waals surface area contributed by atoms with Gasteiger partial charge in [-0.15, -0.1) is 0 Å². The summed E-state index contributed by atoms with van der Waals surface area (Å²) in [6, 6.07) is 9.99. The van der Waals surface area contributed by atoms with E-state index in [0.717, 1.165) is 18.7 Å². The maximum atomic E-state index is 11.0. The van der Waals surface area contributed by atoms with E-state index in [9.17, 15) is 4.79 Å². The first-order valence-corrected chi connectivity index (χ1v) is 6.17. The number of hydrogen-bond acceptors (Lipinski definition) is 2. The van der Waals surface area contributed by atoms with Crippen LogP contribution in [0.3, 0.4) is 0 Å². The lowest BCUT2D eigenvalue weighted by molar-refractivity contribution is -0.138. The molecule has 1 aliphatic heterocycles. The second-order valence-electron chi connectivity index (χ2n) is 4.91. The Balaban J connectivity index is 2.16. The van der Waals surface area contributed by atoms with Gasteiger partial charge in [-0.25, -0.2) is 0 Å². The third-order valence-corrected chi connectivity index (χ3v) is 3.45. The third-order valence-electron chi connectivity index (χ3n) is 3.45. The maximum Gasteiger partial charge on any atom is 0.305 e. The second kappa shape index (κ2) is 5.32. The van der Waals surface area contributed by atoms with E-state index >= 15 is 0 Å². The van der Waals surface area contributed by atoms with Gasteiger partial charge in [0.05, 0.1) is 6.42 Å². The summed E-state index contributed by atoms with van der Waals surface area (Å²) in [4.78, 5) is 13.3. The van der Waals surface area contributed by atoms with Crippen LogP contribution < -0.4 is 0 Å². The Hall–Kier alpha value is -1.35. The monoisotopic (exact) mass is 233 g/mol. The summed E-state index contributed by atoms with van der Waals surface area (Å²) in [6.45, 7) is 4.24. The van der Waals surface area contributed by atoms with Crippen LogP contribution in [0.2, 0.25) is 0 Å². The minimum atomic E-state index is -0.724. The number of carboxylic acid groups (broad SMARTS) is 1. The van der Waals surface area contributed by atoms with Crippen molar-refractivity contribution >= 4 is 5.97 Å². The van der Waals surface area contributed by atoms with Crippen molar-refractivity contribution in [3.8, 4) is 0 Å². The molecule has 1 heterocycles. The SMILES string of the molecule is CC1CCN(C(CC(=O)O)c2ccccc2)C1. The van der Waals surface area contributed by atoms with E-state index in [0.29, 0.717) is 5.92 Å². The molecule has 0 radical (unpaired) electrons. The molecule has 1 aromatic rings. The quantitative estimate of drug-likeness (QED) is 0.868. The van der Waals surface area contributed by atoms with Crippen LogP contribution in [0.1, 0.15) is 31.4 Å². The number of hydrogen-bond donors (Lipinski definition) is 1. The molecule has 0 aliphatic carbocycles. The molecule has 3 heteroatoms. The van der Waals surface area contributed by atoms with Gasteiger partial charge in [0, 0.05) is 12.6 Å². The normalized spacial score (nSPS) is 22.5. The fourth-order valence-electron chi connectivity index (χ4n) is 2.55. The molecule has 2 unspecified atom stereocenters. The molecule has 1 N–H and O–H groups in total.